The molecule has 0 saturated carbocycles. The standard InChI is InChI=1S/C15H12N4O5/c1-10(11-6-8-12(9-7-11)18(21)22)16-17-15(20)13-4-2-3-5-14(13)19(23)24/h2-9H,1H3,(H,17,20)/b16-10+. The molecule has 9 nitrogen and oxygen atoms in total. The Hall–Kier alpha value is -3.62. The second-order valence-electron chi connectivity index (χ2n) is 4.72. The van der Waals surface area contributed by atoms with Crippen LogP contribution in [0, 0.1) is 20.2 Å². The van der Waals surface area contributed by atoms with E-state index in [1.165, 1.54) is 48.5 Å². The zero-order valence-electron chi connectivity index (χ0n) is 12.5. The minimum absolute atomic E-state index is 0.0597. The molecule has 9 heteroatoms. The summed E-state index contributed by atoms with van der Waals surface area (Å²) in [7, 11) is 0. The van der Waals surface area contributed by atoms with Gasteiger partial charge in [0, 0.05) is 18.2 Å². The Morgan fingerprint density at radius 2 is 1.62 bits per heavy atom. The lowest BCUT2D eigenvalue weighted by atomic mass is 10.1. The van der Waals surface area contributed by atoms with Crippen molar-refractivity contribution in [2.24, 2.45) is 5.10 Å². The van der Waals surface area contributed by atoms with Gasteiger partial charge in [0.1, 0.15) is 5.56 Å². The molecule has 0 saturated heterocycles. The third kappa shape index (κ3) is 3.77. The monoisotopic (exact) mass is 328 g/mol. The van der Waals surface area contributed by atoms with Crippen LogP contribution in [0.15, 0.2) is 53.6 Å². The SMILES string of the molecule is C/C(=N\NC(=O)c1ccccc1[N+](=O)[O-])c1ccc([N+](=O)[O-])cc1. The van der Waals surface area contributed by atoms with Crippen molar-refractivity contribution in [1.29, 1.82) is 0 Å². The lowest BCUT2D eigenvalue weighted by Crippen LogP contribution is -2.20. The first-order chi connectivity index (χ1) is 11.4. The molecule has 0 atom stereocenters. The van der Waals surface area contributed by atoms with Gasteiger partial charge >= 0.3 is 0 Å². The van der Waals surface area contributed by atoms with Gasteiger partial charge in [-0.3, -0.25) is 25.0 Å². The van der Waals surface area contributed by atoms with Crippen LogP contribution in [-0.2, 0) is 0 Å². The molecule has 0 aliphatic rings. The second kappa shape index (κ2) is 7.09. The van der Waals surface area contributed by atoms with Crippen LogP contribution < -0.4 is 5.43 Å². The molecule has 2 rings (SSSR count). The Bertz CT molecular complexity index is 830. The average molecular weight is 328 g/mol. The molecule has 0 spiro atoms. The quantitative estimate of drug-likeness (QED) is 0.512. The van der Waals surface area contributed by atoms with E-state index in [4.69, 9.17) is 0 Å². The van der Waals surface area contributed by atoms with Crippen LogP contribution in [0.2, 0.25) is 0 Å². The smallest absolute Gasteiger partial charge is 0.267 e. The largest absolute Gasteiger partial charge is 0.282 e. The van der Waals surface area contributed by atoms with Gasteiger partial charge in [0.15, 0.2) is 0 Å². The molecule has 0 heterocycles. The van der Waals surface area contributed by atoms with Gasteiger partial charge in [0.25, 0.3) is 17.3 Å². The summed E-state index contributed by atoms with van der Waals surface area (Å²) in [4.78, 5) is 32.4. The minimum Gasteiger partial charge on any atom is -0.267 e. The molecule has 0 aliphatic carbocycles. The molecule has 2 aromatic carbocycles. The number of carbonyl (C=O) groups excluding carboxylic acids is 1. The van der Waals surface area contributed by atoms with Crippen molar-refractivity contribution in [1.82, 2.24) is 5.43 Å². The molecular formula is C15H12N4O5. The number of nitrogens with zero attached hydrogens (tertiary/aromatic N) is 3. The zero-order valence-corrected chi connectivity index (χ0v) is 12.5. The van der Waals surface area contributed by atoms with Crippen LogP contribution >= 0.6 is 0 Å². The maximum Gasteiger partial charge on any atom is 0.282 e. The van der Waals surface area contributed by atoms with Crippen molar-refractivity contribution in [2.45, 2.75) is 6.92 Å². The summed E-state index contributed by atoms with van der Waals surface area (Å²) in [5.74, 6) is -0.719. The van der Waals surface area contributed by atoms with E-state index < -0.39 is 15.8 Å². The molecule has 1 N–H and O–H groups in total. The van der Waals surface area contributed by atoms with E-state index in [2.05, 4.69) is 10.5 Å². The van der Waals surface area contributed by atoms with Crippen molar-refractivity contribution in [2.75, 3.05) is 0 Å². The molecule has 0 radical (unpaired) electrons. The predicted octanol–water partition coefficient (Wildman–Crippen LogP) is 2.66. The highest BCUT2D eigenvalue weighted by atomic mass is 16.6. The molecule has 1 amide bonds. The van der Waals surface area contributed by atoms with E-state index in [1.54, 1.807) is 6.92 Å². The van der Waals surface area contributed by atoms with Crippen molar-refractivity contribution in [3.63, 3.8) is 0 Å². The van der Waals surface area contributed by atoms with Crippen LogP contribution in [0.1, 0.15) is 22.8 Å². The maximum absolute atomic E-state index is 12.0. The number of non-ortho nitro benzene ring substituents is 1. The third-order valence-corrected chi connectivity index (χ3v) is 3.17. The Morgan fingerprint density at radius 3 is 2.21 bits per heavy atom. The van der Waals surface area contributed by atoms with Gasteiger partial charge < -0.3 is 0 Å². The minimum atomic E-state index is -0.719. The molecule has 0 bridgehead atoms. The average Bonchev–Trinajstić information content (AvgIpc) is 2.59. The van der Waals surface area contributed by atoms with E-state index in [-0.39, 0.29) is 16.9 Å². The Balaban J connectivity index is 2.16. The maximum atomic E-state index is 12.0. The molecular weight excluding hydrogens is 316 g/mol. The molecule has 122 valence electrons. The van der Waals surface area contributed by atoms with Gasteiger partial charge in [-0.15, -0.1) is 0 Å². The molecule has 24 heavy (non-hydrogen) atoms. The summed E-state index contributed by atoms with van der Waals surface area (Å²) in [6.07, 6.45) is 0. The Morgan fingerprint density at radius 1 is 1.00 bits per heavy atom. The Labute approximate surface area is 135 Å². The fourth-order valence-corrected chi connectivity index (χ4v) is 1.91. The zero-order chi connectivity index (χ0) is 17.7. The summed E-state index contributed by atoms with van der Waals surface area (Å²) in [5, 5.41) is 25.4. The highest BCUT2D eigenvalue weighted by molar-refractivity contribution is 6.02. The van der Waals surface area contributed by atoms with E-state index in [0.29, 0.717) is 11.3 Å². The number of nitrogens with one attached hydrogen (secondary N) is 1. The van der Waals surface area contributed by atoms with Crippen molar-refractivity contribution in [3.8, 4) is 0 Å². The number of benzene rings is 2. The number of amides is 1. The van der Waals surface area contributed by atoms with Crippen LogP contribution in [0.5, 0.6) is 0 Å². The van der Waals surface area contributed by atoms with Crippen molar-refractivity contribution >= 4 is 23.0 Å². The van der Waals surface area contributed by atoms with Gasteiger partial charge in [-0.1, -0.05) is 12.1 Å². The number of rotatable bonds is 5. The first kappa shape index (κ1) is 16.7. The highest BCUT2D eigenvalue weighted by Gasteiger charge is 2.18. The third-order valence-electron chi connectivity index (χ3n) is 3.17. The van der Waals surface area contributed by atoms with Gasteiger partial charge in [-0.05, 0) is 30.7 Å². The summed E-state index contributed by atoms with van der Waals surface area (Å²) < 4.78 is 0. The van der Waals surface area contributed by atoms with Crippen LogP contribution in [-0.4, -0.2) is 21.5 Å². The first-order valence-electron chi connectivity index (χ1n) is 6.73. The highest BCUT2D eigenvalue weighted by Crippen LogP contribution is 2.17. The fourth-order valence-electron chi connectivity index (χ4n) is 1.91. The number of carbonyl (C=O) groups is 1. The fraction of sp³-hybridized carbons (Fsp3) is 0.0667. The topological polar surface area (TPSA) is 128 Å². The summed E-state index contributed by atoms with van der Waals surface area (Å²) in [5.41, 5.74) is 2.72. The Kier molecular flexibility index (Phi) is 4.95. The molecule has 0 aliphatic heterocycles. The molecule has 2 aromatic rings. The normalized spacial score (nSPS) is 11.0. The van der Waals surface area contributed by atoms with Gasteiger partial charge in [-0.2, -0.15) is 5.10 Å². The summed E-state index contributed by atoms with van der Waals surface area (Å²) in [6.45, 7) is 1.60. The lowest BCUT2D eigenvalue weighted by molar-refractivity contribution is -0.385. The summed E-state index contributed by atoms with van der Waals surface area (Å²) in [6, 6.07) is 11.1. The lowest BCUT2D eigenvalue weighted by Gasteiger charge is -2.04. The van der Waals surface area contributed by atoms with E-state index in [0.717, 1.165) is 0 Å². The van der Waals surface area contributed by atoms with E-state index >= 15 is 0 Å². The molecule has 0 fully saturated rings. The van der Waals surface area contributed by atoms with Crippen LogP contribution in [0.3, 0.4) is 0 Å². The van der Waals surface area contributed by atoms with Crippen LogP contribution in [0.4, 0.5) is 11.4 Å². The van der Waals surface area contributed by atoms with Crippen molar-refractivity contribution < 1.29 is 14.6 Å². The number of nitro benzene ring substituents is 2. The van der Waals surface area contributed by atoms with Gasteiger partial charge in [-0.25, -0.2) is 5.43 Å². The number of nitro groups is 2. The van der Waals surface area contributed by atoms with E-state index in [9.17, 15) is 25.0 Å². The molecule has 0 unspecified atom stereocenters. The summed E-state index contributed by atoms with van der Waals surface area (Å²) >= 11 is 0. The molecule has 0 aromatic heterocycles. The predicted molar refractivity (Wildman–Crippen MR) is 85.9 cm³/mol. The number of hydrogen-bond donors (Lipinski definition) is 1. The number of hydrogen-bond acceptors (Lipinski definition) is 6. The number of para-hydroxylation sites is 1. The van der Waals surface area contributed by atoms with Gasteiger partial charge in [0.2, 0.25) is 0 Å². The van der Waals surface area contributed by atoms with E-state index in [1.807, 2.05) is 0 Å². The second-order valence-corrected chi connectivity index (χ2v) is 4.72. The van der Waals surface area contributed by atoms with Crippen molar-refractivity contribution in [3.05, 3.63) is 79.9 Å². The van der Waals surface area contributed by atoms with Crippen LogP contribution in [0.25, 0.3) is 0 Å². The number of hydrazone groups is 1. The van der Waals surface area contributed by atoms with Gasteiger partial charge in [0.05, 0.1) is 15.6 Å². The first-order valence-corrected chi connectivity index (χ1v) is 6.73.